The molecule has 6 heteroatoms. The van der Waals surface area contributed by atoms with Crippen molar-refractivity contribution in [2.45, 2.75) is 31.0 Å². The van der Waals surface area contributed by atoms with Gasteiger partial charge in [0.2, 0.25) is 5.91 Å². The Bertz CT molecular complexity index is 746. The molecule has 0 radical (unpaired) electrons. The average molecular weight is 330 g/mol. The van der Waals surface area contributed by atoms with Gasteiger partial charge in [0.15, 0.2) is 0 Å². The fourth-order valence-corrected chi connectivity index (χ4v) is 2.88. The van der Waals surface area contributed by atoms with Crippen LogP contribution in [0.25, 0.3) is 0 Å². The number of carboxylic acid groups (broad SMARTS) is 1. The van der Waals surface area contributed by atoms with Crippen LogP contribution in [0.2, 0.25) is 0 Å². The highest BCUT2D eigenvalue weighted by atomic mass is 32.2. The molecular formula is C17H18N2O3S. The number of aromatic nitrogens is 1. The molecule has 0 fully saturated rings. The van der Waals surface area contributed by atoms with Crippen molar-refractivity contribution in [3.05, 3.63) is 53.2 Å². The molecule has 1 amide bonds. The first-order valence-corrected chi connectivity index (χ1v) is 7.99. The number of pyridine rings is 1. The number of thioether (sulfide) groups is 1. The van der Waals surface area contributed by atoms with Crippen molar-refractivity contribution >= 4 is 29.3 Å². The molecule has 0 bridgehead atoms. The van der Waals surface area contributed by atoms with E-state index in [9.17, 15) is 9.59 Å². The minimum Gasteiger partial charge on any atom is -0.478 e. The highest BCUT2D eigenvalue weighted by Gasteiger charge is 2.20. The van der Waals surface area contributed by atoms with Gasteiger partial charge in [0, 0.05) is 11.9 Å². The number of nitrogens with zero attached hydrogens (tertiary/aromatic N) is 1. The molecule has 0 saturated carbocycles. The van der Waals surface area contributed by atoms with Crippen molar-refractivity contribution in [1.29, 1.82) is 0 Å². The Kier molecular flexibility index (Phi) is 5.39. The van der Waals surface area contributed by atoms with E-state index in [2.05, 4.69) is 10.3 Å². The first kappa shape index (κ1) is 17.0. The smallest absolute Gasteiger partial charge is 0.338 e. The largest absolute Gasteiger partial charge is 0.478 e. The number of benzene rings is 1. The summed E-state index contributed by atoms with van der Waals surface area (Å²) in [5.74, 6) is -1.24. The molecule has 1 atom stereocenters. The second-order valence-corrected chi connectivity index (χ2v) is 6.56. The summed E-state index contributed by atoms with van der Waals surface area (Å²) < 4.78 is 0. The van der Waals surface area contributed by atoms with Gasteiger partial charge in [-0.3, -0.25) is 4.79 Å². The van der Waals surface area contributed by atoms with E-state index in [1.807, 2.05) is 32.0 Å². The Labute approximate surface area is 139 Å². The van der Waals surface area contributed by atoms with Gasteiger partial charge in [-0.2, -0.15) is 0 Å². The van der Waals surface area contributed by atoms with E-state index in [4.69, 9.17) is 5.11 Å². The molecule has 2 aromatic rings. The van der Waals surface area contributed by atoms with Crippen LogP contribution in [-0.2, 0) is 4.79 Å². The van der Waals surface area contributed by atoms with Crippen molar-refractivity contribution in [2.24, 2.45) is 0 Å². The highest BCUT2D eigenvalue weighted by Crippen LogP contribution is 2.26. The normalized spacial score (nSPS) is 11.8. The van der Waals surface area contributed by atoms with Gasteiger partial charge in [0.1, 0.15) is 5.03 Å². The summed E-state index contributed by atoms with van der Waals surface area (Å²) in [6.07, 6.45) is 1.52. The summed E-state index contributed by atoms with van der Waals surface area (Å²) in [6, 6.07) is 8.88. The number of nitrogens with one attached hydrogen (secondary N) is 1. The van der Waals surface area contributed by atoms with Crippen molar-refractivity contribution in [2.75, 3.05) is 5.32 Å². The molecule has 120 valence electrons. The van der Waals surface area contributed by atoms with E-state index in [0.29, 0.717) is 5.03 Å². The molecular weight excluding hydrogens is 312 g/mol. The maximum atomic E-state index is 12.4. The van der Waals surface area contributed by atoms with E-state index in [0.717, 1.165) is 28.6 Å². The highest BCUT2D eigenvalue weighted by molar-refractivity contribution is 8.00. The molecule has 1 unspecified atom stereocenters. The third-order valence-corrected chi connectivity index (χ3v) is 4.43. The lowest BCUT2D eigenvalue weighted by atomic mass is 10.1. The Balaban J connectivity index is 2.12. The zero-order valence-corrected chi connectivity index (χ0v) is 14.0. The quantitative estimate of drug-likeness (QED) is 0.820. The van der Waals surface area contributed by atoms with Gasteiger partial charge in [-0.25, -0.2) is 9.78 Å². The number of aryl methyl sites for hydroxylation is 2. The molecule has 2 rings (SSSR count). The fraction of sp³-hybridized carbons (Fsp3) is 0.235. The van der Waals surface area contributed by atoms with Gasteiger partial charge >= 0.3 is 5.97 Å². The molecule has 0 spiro atoms. The molecule has 1 aromatic heterocycles. The number of amides is 1. The SMILES string of the molecule is Cc1ccc(C)c(NC(=O)C(C)Sc2ncccc2C(=O)O)c1. The molecule has 2 N–H and O–H groups in total. The summed E-state index contributed by atoms with van der Waals surface area (Å²) in [5, 5.41) is 11.9. The number of hydrogen-bond donors (Lipinski definition) is 2. The molecule has 23 heavy (non-hydrogen) atoms. The number of hydrogen-bond acceptors (Lipinski definition) is 4. The Morgan fingerprint density at radius 1 is 1.26 bits per heavy atom. The van der Waals surface area contributed by atoms with E-state index in [-0.39, 0.29) is 11.5 Å². The van der Waals surface area contributed by atoms with Crippen LogP contribution in [-0.4, -0.2) is 27.2 Å². The average Bonchev–Trinajstić information content (AvgIpc) is 2.51. The number of carboxylic acids is 1. The van der Waals surface area contributed by atoms with Crippen LogP contribution in [0.4, 0.5) is 5.69 Å². The summed E-state index contributed by atoms with van der Waals surface area (Å²) in [6.45, 7) is 5.61. The van der Waals surface area contributed by atoms with E-state index < -0.39 is 11.2 Å². The van der Waals surface area contributed by atoms with Crippen LogP contribution in [0.3, 0.4) is 0 Å². The summed E-state index contributed by atoms with van der Waals surface area (Å²) >= 11 is 1.13. The van der Waals surface area contributed by atoms with Crippen molar-refractivity contribution in [3.8, 4) is 0 Å². The minimum absolute atomic E-state index is 0.101. The number of anilines is 1. The van der Waals surface area contributed by atoms with Crippen LogP contribution < -0.4 is 5.32 Å². The number of carbonyl (C=O) groups is 2. The van der Waals surface area contributed by atoms with Gasteiger partial charge in [0.25, 0.3) is 0 Å². The van der Waals surface area contributed by atoms with E-state index in [1.54, 1.807) is 13.0 Å². The lowest BCUT2D eigenvalue weighted by Gasteiger charge is -2.14. The first-order valence-electron chi connectivity index (χ1n) is 7.11. The maximum absolute atomic E-state index is 12.4. The molecule has 1 aromatic carbocycles. The monoisotopic (exact) mass is 330 g/mol. The summed E-state index contributed by atoms with van der Waals surface area (Å²) in [5.41, 5.74) is 2.90. The van der Waals surface area contributed by atoms with Crippen molar-refractivity contribution < 1.29 is 14.7 Å². The van der Waals surface area contributed by atoms with Crippen molar-refractivity contribution in [3.63, 3.8) is 0 Å². The van der Waals surface area contributed by atoms with Crippen LogP contribution in [0.5, 0.6) is 0 Å². The van der Waals surface area contributed by atoms with Gasteiger partial charge in [0.05, 0.1) is 10.8 Å². The Morgan fingerprint density at radius 3 is 2.70 bits per heavy atom. The van der Waals surface area contributed by atoms with Gasteiger partial charge in [-0.05, 0) is 50.1 Å². The zero-order chi connectivity index (χ0) is 17.0. The standard InChI is InChI=1S/C17H18N2O3S/c1-10-6-7-11(2)14(9-10)19-15(20)12(3)23-16-13(17(21)22)5-4-8-18-16/h4-9,12H,1-3H3,(H,19,20)(H,21,22). The number of carbonyl (C=O) groups excluding carboxylic acids is 1. The molecule has 5 nitrogen and oxygen atoms in total. The van der Waals surface area contributed by atoms with Crippen LogP contribution in [0.1, 0.15) is 28.4 Å². The van der Waals surface area contributed by atoms with E-state index in [1.165, 1.54) is 12.3 Å². The number of aromatic carboxylic acids is 1. The van der Waals surface area contributed by atoms with Crippen LogP contribution >= 0.6 is 11.8 Å². The summed E-state index contributed by atoms with van der Waals surface area (Å²) in [4.78, 5) is 27.6. The third kappa shape index (κ3) is 4.32. The second kappa shape index (κ2) is 7.28. The van der Waals surface area contributed by atoms with Crippen LogP contribution in [0, 0.1) is 13.8 Å². The Hall–Kier alpha value is -2.34. The molecule has 1 heterocycles. The molecule has 0 aliphatic heterocycles. The van der Waals surface area contributed by atoms with Gasteiger partial charge in [-0.1, -0.05) is 23.9 Å². The minimum atomic E-state index is -1.05. The third-order valence-electron chi connectivity index (χ3n) is 3.31. The topological polar surface area (TPSA) is 79.3 Å². The lowest BCUT2D eigenvalue weighted by molar-refractivity contribution is -0.115. The lowest BCUT2D eigenvalue weighted by Crippen LogP contribution is -2.23. The summed E-state index contributed by atoms with van der Waals surface area (Å²) in [7, 11) is 0. The molecule has 0 aliphatic carbocycles. The number of rotatable bonds is 5. The fourth-order valence-electron chi connectivity index (χ4n) is 1.97. The van der Waals surface area contributed by atoms with Gasteiger partial charge < -0.3 is 10.4 Å². The zero-order valence-electron chi connectivity index (χ0n) is 13.2. The van der Waals surface area contributed by atoms with Crippen molar-refractivity contribution in [1.82, 2.24) is 4.98 Å². The first-order chi connectivity index (χ1) is 10.9. The predicted molar refractivity (Wildman–Crippen MR) is 91.1 cm³/mol. The second-order valence-electron chi connectivity index (χ2n) is 5.23. The van der Waals surface area contributed by atoms with E-state index >= 15 is 0 Å². The van der Waals surface area contributed by atoms with Gasteiger partial charge in [-0.15, -0.1) is 0 Å². The predicted octanol–water partition coefficient (Wildman–Crippen LogP) is 3.52. The molecule has 0 saturated heterocycles. The Morgan fingerprint density at radius 2 is 2.00 bits per heavy atom. The maximum Gasteiger partial charge on any atom is 0.338 e. The van der Waals surface area contributed by atoms with Crippen LogP contribution in [0.15, 0.2) is 41.6 Å². The molecule has 0 aliphatic rings.